The van der Waals surface area contributed by atoms with Crippen molar-refractivity contribution >= 4 is 34.6 Å². The smallest absolute Gasteiger partial charge is 0.349 e. The maximum absolute atomic E-state index is 12.3. The van der Waals surface area contributed by atoms with Crippen LogP contribution in [0.4, 0.5) is 11.4 Å². The van der Waals surface area contributed by atoms with Crippen LogP contribution in [0.25, 0.3) is 0 Å². The Hall–Kier alpha value is -2.74. The zero-order valence-electron chi connectivity index (χ0n) is 14.2. The minimum Gasteiger partial charge on any atom is -0.448 e. The second-order valence-electron chi connectivity index (χ2n) is 6.08. The molecule has 0 fully saturated rings. The third kappa shape index (κ3) is 3.91. The van der Waals surface area contributed by atoms with Crippen molar-refractivity contribution in [1.29, 1.82) is 0 Å². The molecule has 1 aliphatic rings. The number of thiophene rings is 1. The summed E-state index contributed by atoms with van der Waals surface area (Å²) in [4.78, 5) is 36.7. The molecule has 0 spiro atoms. The fourth-order valence-electron chi connectivity index (χ4n) is 2.84. The molecule has 0 saturated carbocycles. The van der Waals surface area contributed by atoms with Crippen LogP contribution in [0.2, 0.25) is 0 Å². The molecule has 0 aliphatic heterocycles. The van der Waals surface area contributed by atoms with Crippen LogP contribution in [0.1, 0.15) is 39.9 Å². The van der Waals surface area contributed by atoms with Gasteiger partial charge in [-0.05, 0) is 50.3 Å². The summed E-state index contributed by atoms with van der Waals surface area (Å²) in [6.45, 7) is 1.44. The predicted octanol–water partition coefficient (Wildman–Crippen LogP) is 3.72. The first-order valence-electron chi connectivity index (χ1n) is 8.32. The van der Waals surface area contributed by atoms with Gasteiger partial charge in [-0.25, -0.2) is 4.79 Å². The second-order valence-corrected chi connectivity index (χ2v) is 7.21. The van der Waals surface area contributed by atoms with Crippen molar-refractivity contribution in [2.75, 3.05) is 5.32 Å². The van der Waals surface area contributed by atoms with Crippen LogP contribution in [0.5, 0.6) is 0 Å². The Morgan fingerprint density at radius 3 is 2.73 bits per heavy atom. The van der Waals surface area contributed by atoms with E-state index in [-0.39, 0.29) is 11.4 Å². The van der Waals surface area contributed by atoms with Crippen LogP contribution in [-0.4, -0.2) is 22.9 Å². The Bertz CT molecular complexity index is 838. The number of aryl methyl sites for hydroxylation is 2. The van der Waals surface area contributed by atoms with E-state index in [0.717, 1.165) is 25.7 Å². The second kappa shape index (κ2) is 7.65. The number of esters is 1. The first-order valence-corrected chi connectivity index (χ1v) is 9.14. The van der Waals surface area contributed by atoms with Crippen LogP contribution in [0.3, 0.4) is 0 Å². The van der Waals surface area contributed by atoms with E-state index < -0.39 is 22.9 Å². The molecule has 1 amide bonds. The number of para-hydroxylation sites is 2. The molecule has 8 heteroatoms. The minimum atomic E-state index is -1.07. The van der Waals surface area contributed by atoms with E-state index in [0.29, 0.717) is 4.88 Å². The number of nitrogens with zero attached hydrogens (tertiary/aromatic N) is 1. The number of carbonyl (C=O) groups is 2. The number of carbonyl (C=O) groups excluding carboxylic acids is 2. The summed E-state index contributed by atoms with van der Waals surface area (Å²) in [6, 6.07) is 7.65. The van der Waals surface area contributed by atoms with E-state index in [1.807, 2.05) is 6.07 Å². The maximum atomic E-state index is 12.3. The van der Waals surface area contributed by atoms with Gasteiger partial charge in [0.2, 0.25) is 0 Å². The van der Waals surface area contributed by atoms with Crippen molar-refractivity contribution in [3.63, 3.8) is 0 Å². The Labute approximate surface area is 154 Å². The quantitative estimate of drug-likeness (QED) is 0.488. The van der Waals surface area contributed by atoms with Crippen molar-refractivity contribution in [3.05, 3.63) is 55.8 Å². The summed E-state index contributed by atoms with van der Waals surface area (Å²) in [5.41, 5.74) is 1.03. The van der Waals surface area contributed by atoms with Crippen LogP contribution < -0.4 is 5.32 Å². The molecule has 1 aromatic heterocycles. The van der Waals surface area contributed by atoms with E-state index >= 15 is 0 Å². The number of ether oxygens (including phenoxy) is 1. The van der Waals surface area contributed by atoms with Gasteiger partial charge in [0.15, 0.2) is 6.10 Å². The van der Waals surface area contributed by atoms with Gasteiger partial charge in [-0.15, -0.1) is 11.3 Å². The van der Waals surface area contributed by atoms with Crippen molar-refractivity contribution in [2.45, 2.75) is 38.7 Å². The zero-order chi connectivity index (χ0) is 18.7. The highest BCUT2D eigenvalue weighted by molar-refractivity contribution is 7.14. The van der Waals surface area contributed by atoms with Crippen molar-refractivity contribution in [1.82, 2.24) is 0 Å². The highest BCUT2D eigenvalue weighted by Crippen LogP contribution is 2.30. The zero-order valence-corrected chi connectivity index (χ0v) is 15.0. The third-order valence-corrected chi connectivity index (χ3v) is 5.43. The Kier molecular flexibility index (Phi) is 5.32. The number of nitrogens with one attached hydrogen (secondary N) is 1. The van der Waals surface area contributed by atoms with E-state index in [2.05, 4.69) is 5.32 Å². The molecule has 0 bridgehead atoms. The first kappa shape index (κ1) is 18.1. The van der Waals surface area contributed by atoms with E-state index in [1.165, 1.54) is 46.9 Å². The molecule has 26 heavy (non-hydrogen) atoms. The monoisotopic (exact) mass is 374 g/mol. The van der Waals surface area contributed by atoms with Crippen molar-refractivity contribution in [3.8, 4) is 0 Å². The van der Waals surface area contributed by atoms with Gasteiger partial charge < -0.3 is 10.1 Å². The molecule has 3 rings (SSSR count). The third-order valence-electron chi connectivity index (χ3n) is 4.21. The molecule has 1 heterocycles. The van der Waals surface area contributed by atoms with Gasteiger partial charge in [-0.2, -0.15) is 0 Å². The molecule has 1 aliphatic carbocycles. The minimum absolute atomic E-state index is 0.0667. The largest absolute Gasteiger partial charge is 0.448 e. The summed E-state index contributed by atoms with van der Waals surface area (Å²) in [5, 5.41) is 13.4. The van der Waals surface area contributed by atoms with Crippen LogP contribution in [0, 0.1) is 10.1 Å². The molecule has 2 aromatic rings. The number of rotatable bonds is 5. The van der Waals surface area contributed by atoms with Gasteiger partial charge in [0.25, 0.3) is 11.6 Å². The van der Waals surface area contributed by atoms with Crippen molar-refractivity contribution in [2.24, 2.45) is 0 Å². The molecular weight excluding hydrogens is 356 g/mol. The fourth-order valence-corrected chi connectivity index (χ4v) is 3.97. The summed E-state index contributed by atoms with van der Waals surface area (Å²) < 4.78 is 5.24. The standard InChI is InChI=1S/C18H18N2O5S/c1-11(17(21)19-13-7-3-4-8-14(13)20(23)24)25-18(22)16-10-12-6-2-5-9-15(12)26-16/h3-4,7-8,10-11H,2,5-6,9H2,1H3,(H,19,21)/t11-/m0/s1. The Morgan fingerprint density at radius 1 is 1.27 bits per heavy atom. The summed E-state index contributed by atoms with van der Waals surface area (Å²) in [5.74, 6) is -1.16. The average Bonchev–Trinajstić information content (AvgIpc) is 3.06. The average molecular weight is 374 g/mol. The Morgan fingerprint density at radius 2 is 2.00 bits per heavy atom. The lowest BCUT2D eigenvalue weighted by atomic mass is 9.99. The summed E-state index contributed by atoms with van der Waals surface area (Å²) >= 11 is 1.41. The molecule has 1 atom stereocenters. The van der Waals surface area contributed by atoms with Gasteiger partial charge in [0.1, 0.15) is 10.6 Å². The molecule has 0 unspecified atom stereocenters. The fraction of sp³-hybridized carbons (Fsp3) is 0.333. The number of anilines is 1. The highest BCUT2D eigenvalue weighted by Gasteiger charge is 2.24. The first-order chi connectivity index (χ1) is 12.5. The van der Waals surface area contributed by atoms with Gasteiger partial charge >= 0.3 is 5.97 Å². The van der Waals surface area contributed by atoms with E-state index in [1.54, 1.807) is 6.07 Å². The predicted molar refractivity (Wildman–Crippen MR) is 97.6 cm³/mol. The van der Waals surface area contributed by atoms with Gasteiger partial charge in [-0.1, -0.05) is 12.1 Å². The van der Waals surface area contributed by atoms with Crippen LogP contribution in [0.15, 0.2) is 30.3 Å². The lowest BCUT2D eigenvalue weighted by Gasteiger charge is -2.13. The molecule has 0 saturated heterocycles. The SMILES string of the molecule is C[C@H](OC(=O)c1cc2c(s1)CCCC2)C(=O)Nc1ccccc1[N+](=O)[O-]. The number of amides is 1. The number of benzene rings is 1. The Balaban J connectivity index is 1.65. The topological polar surface area (TPSA) is 98.5 Å². The number of nitro groups is 1. The van der Waals surface area contributed by atoms with E-state index in [9.17, 15) is 19.7 Å². The number of nitro benzene ring substituents is 1. The van der Waals surface area contributed by atoms with Crippen molar-refractivity contribution < 1.29 is 19.2 Å². The summed E-state index contributed by atoms with van der Waals surface area (Å²) in [7, 11) is 0. The molecule has 136 valence electrons. The molecule has 7 nitrogen and oxygen atoms in total. The maximum Gasteiger partial charge on any atom is 0.349 e. The lowest BCUT2D eigenvalue weighted by molar-refractivity contribution is -0.383. The van der Waals surface area contributed by atoms with Crippen LogP contribution in [-0.2, 0) is 22.4 Å². The summed E-state index contributed by atoms with van der Waals surface area (Å²) in [6.07, 6.45) is 3.11. The van der Waals surface area contributed by atoms with Gasteiger partial charge in [0.05, 0.1) is 4.92 Å². The number of fused-ring (bicyclic) bond motifs is 1. The normalized spacial score (nSPS) is 14.2. The molecule has 1 N–H and O–H groups in total. The molecular formula is C18H18N2O5S. The lowest BCUT2D eigenvalue weighted by Crippen LogP contribution is -2.30. The van der Waals surface area contributed by atoms with Gasteiger partial charge in [0, 0.05) is 10.9 Å². The van der Waals surface area contributed by atoms with Gasteiger partial charge in [-0.3, -0.25) is 14.9 Å². The van der Waals surface area contributed by atoms with E-state index in [4.69, 9.17) is 4.74 Å². The molecule has 0 radical (unpaired) electrons. The number of hydrogen-bond donors (Lipinski definition) is 1. The number of hydrogen-bond acceptors (Lipinski definition) is 6. The van der Waals surface area contributed by atoms with Crippen LogP contribution >= 0.6 is 11.3 Å². The molecule has 1 aromatic carbocycles. The highest BCUT2D eigenvalue weighted by atomic mass is 32.1.